The molecule has 2 N–H and O–H groups in total. The number of carbonyl (C=O) groups excluding carboxylic acids is 1. The van der Waals surface area contributed by atoms with E-state index in [2.05, 4.69) is 10.3 Å². The Balaban J connectivity index is 1.43. The molecule has 2 unspecified atom stereocenters. The van der Waals surface area contributed by atoms with Gasteiger partial charge in [-0.15, -0.1) is 0 Å². The molecule has 10 heteroatoms. The maximum atomic E-state index is 13.5. The molecule has 2 fully saturated rings. The summed E-state index contributed by atoms with van der Waals surface area (Å²) < 4.78 is 26.6. The first kappa shape index (κ1) is 25.5. The van der Waals surface area contributed by atoms with Crippen molar-refractivity contribution in [2.45, 2.75) is 51.0 Å². The summed E-state index contributed by atoms with van der Waals surface area (Å²) in [5.74, 6) is 0.0742. The molecule has 186 valence electrons. The molecule has 1 aromatic carbocycles. The number of aromatic nitrogens is 2. The number of imidazole rings is 1. The van der Waals surface area contributed by atoms with E-state index in [1.807, 2.05) is 13.8 Å². The lowest BCUT2D eigenvalue weighted by Gasteiger charge is -2.28. The molecule has 2 aromatic rings. The van der Waals surface area contributed by atoms with Gasteiger partial charge < -0.3 is 24.0 Å². The van der Waals surface area contributed by atoms with E-state index in [0.29, 0.717) is 42.6 Å². The van der Waals surface area contributed by atoms with Gasteiger partial charge in [-0.1, -0.05) is 11.6 Å². The van der Waals surface area contributed by atoms with Gasteiger partial charge in [-0.25, -0.2) is 9.37 Å². The Morgan fingerprint density at radius 2 is 1.94 bits per heavy atom. The Labute approximate surface area is 205 Å². The highest BCUT2D eigenvalue weighted by Crippen LogP contribution is 2.57. The summed E-state index contributed by atoms with van der Waals surface area (Å²) in [6.45, 7) is 5.03. The van der Waals surface area contributed by atoms with Gasteiger partial charge in [0.25, 0.3) is 5.91 Å². The molecule has 2 aliphatic carbocycles. The van der Waals surface area contributed by atoms with Crippen molar-refractivity contribution in [1.82, 2.24) is 9.55 Å². The summed E-state index contributed by atoms with van der Waals surface area (Å²) in [6.07, 6.45) is 5.40. The minimum absolute atomic E-state index is 0.0449. The van der Waals surface area contributed by atoms with Crippen LogP contribution >= 0.6 is 20.0 Å². The molecule has 1 heterocycles. The molecule has 4 rings (SSSR count). The molecule has 0 bridgehead atoms. The van der Waals surface area contributed by atoms with Crippen LogP contribution in [0, 0.1) is 17.7 Å². The number of fused-ring (bicyclic) bond motifs is 1. The second-order valence-corrected chi connectivity index (χ2v) is 11.2. The van der Waals surface area contributed by atoms with E-state index in [0.717, 1.165) is 31.4 Å². The summed E-state index contributed by atoms with van der Waals surface area (Å²) in [5, 5.41) is 14.0. The fourth-order valence-corrected chi connectivity index (χ4v) is 7.32. The third-order valence-corrected chi connectivity index (χ3v) is 9.07. The second-order valence-electron chi connectivity index (χ2n) is 9.32. The fourth-order valence-electron chi connectivity index (χ4n) is 5.57. The number of hydrogen-bond donors (Lipinski definition) is 2. The summed E-state index contributed by atoms with van der Waals surface area (Å²) >= 11 is 5.85. The summed E-state index contributed by atoms with van der Waals surface area (Å²) in [4.78, 5) is 17.7. The third-order valence-electron chi connectivity index (χ3n) is 6.84. The van der Waals surface area contributed by atoms with Gasteiger partial charge in [-0.3, -0.25) is 4.79 Å². The minimum Gasteiger partial charge on any atom is -0.389 e. The number of halogens is 2. The Hall–Kier alpha value is -1.57. The van der Waals surface area contributed by atoms with Gasteiger partial charge in [-0.2, -0.15) is 0 Å². The minimum atomic E-state index is -1.09. The first-order chi connectivity index (χ1) is 16.2. The molecular formula is C24H32ClFN3O4P. The monoisotopic (exact) mass is 511 g/mol. The molecule has 1 aromatic heterocycles. The number of rotatable bonds is 9. The smallest absolute Gasteiger partial charge is 0.274 e. The highest BCUT2D eigenvalue weighted by Gasteiger charge is 2.50. The molecule has 0 saturated heterocycles. The SMILES string of the molecule is CCOP(CC1(O)CC2CC(c3ncn(C)c3C(=O)Nc3ccc(F)c(Cl)c3)CC2C1)OCC. The number of aryl methyl sites for hydroxylation is 1. The lowest BCUT2D eigenvalue weighted by molar-refractivity contribution is 0.0563. The molecular weight excluding hydrogens is 480 g/mol. The normalized spacial score (nSPS) is 26.3. The second kappa shape index (κ2) is 10.6. The van der Waals surface area contributed by atoms with Crippen molar-refractivity contribution in [2.75, 3.05) is 24.7 Å². The summed E-state index contributed by atoms with van der Waals surface area (Å²) in [6, 6.07) is 4.10. The van der Waals surface area contributed by atoms with Crippen molar-refractivity contribution in [2.24, 2.45) is 18.9 Å². The maximum Gasteiger partial charge on any atom is 0.274 e. The lowest BCUT2D eigenvalue weighted by atomic mass is 9.93. The van der Waals surface area contributed by atoms with Crippen LogP contribution in [0.3, 0.4) is 0 Å². The van der Waals surface area contributed by atoms with Gasteiger partial charge in [0.15, 0.2) is 8.38 Å². The molecule has 2 aliphatic rings. The zero-order chi connectivity index (χ0) is 24.5. The molecule has 2 atom stereocenters. The molecule has 0 spiro atoms. The Morgan fingerprint density at radius 3 is 2.53 bits per heavy atom. The Kier molecular flexibility index (Phi) is 7.95. The van der Waals surface area contributed by atoms with Gasteiger partial charge in [-0.05, 0) is 69.6 Å². The van der Waals surface area contributed by atoms with Crippen LogP contribution in [-0.2, 0) is 16.1 Å². The summed E-state index contributed by atoms with van der Waals surface area (Å²) in [7, 11) is 0.708. The van der Waals surface area contributed by atoms with Crippen LogP contribution in [0.4, 0.5) is 10.1 Å². The van der Waals surface area contributed by atoms with E-state index in [1.165, 1.54) is 18.2 Å². The van der Waals surface area contributed by atoms with Crippen LogP contribution in [0.25, 0.3) is 0 Å². The van der Waals surface area contributed by atoms with Crippen LogP contribution in [0.2, 0.25) is 5.02 Å². The molecule has 34 heavy (non-hydrogen) atoms. The lowest BCUT2D eigenvalue weighted by Crippen LogP contribution is -2.30. The molecule has 1 amide bonds. The Morgan fingerprint density at radius 1 is 1.29 bits per heavy atom. The van der Waals surface area contributed by atoms with Crippen LogP contribution in [-0.4, -0.2) is 45.5 Å². The zero-order valence-corrected chi connectivity index (χ0v) is 21.4. The van der Waals surface area contributed by atoms with Gasteiger partial charge in [0, 0.05) is 24.8 Å². The summed E-state index contributed by atoms with van der Waals surface area (Å²) in [5.41, 5.74) is 0.939. The number of carbonyl (C=O) groups is 1. The van der Waals surface area contributed by atoms with Crippen molar-refractivity contribution >= 4 is 31.6 Å². The van der Waals surface area contributed by atoms with Crippen molar-refractivity contribution in [3.63, 3.8) is 0 Å². The number of aliphatic hydroxyl groups is 1. The van der Waals surface area contributed by atoms with E-state index in [9.17, 15) is 14.3 Å². The highest BCUT2D eigenvalue weighted by atomic mass is 35.5. The van der Waals surface area contributed by atoms with Crippen LogP contribution < -0.4 is 5.32 Å². The van der Waals surface area contributed by atoms with E-state index in [4.69, 9.17) is 20.6 Å². The van der Waals surface area contributed by atoms with Crippen LogP contribution in [0.1, 0.15) is 61.6 Å². The number of benzene rings is 1. The maximum absolute atomic E-state index is 13.5. The van der Waals surface area contributed by atoms with Gasteiger partial charge >= 0.3 is 0 Å². The van der Waals surface area contributed by atoms with E-state index >= 15 is 0 Å². The average molecular weight is 512 g/mol. The number of nitrogens with one attached hydrogen (secondary N) is 1. The van der Waals surface area contributed by atoms with Gasteiger partial charge in [0.05, 0.1) is 35.9 Å². The fraction of sp³-hybridized carbons (Fsp3) is 0.583. The molecule has 0 aliphatic heterocycles. The van der Waals surface area contributed by atoms with Crippen molar-refractivity contribution in [3.8, 4) is 0 Å². The number of anilines is 1. The topological polar surface area (TPSA) is 85.6 Å². The number of nitrogens with zero attached hydrogens (tertiary/aromatic N) is 2. The highest BCUT2D eigenvalue weighted by molar-refractivity contribution is 7.47. The van der Waals surface area contributed by atoms with Gasteiger partial charge in [0.2, 0.25) is 0 Å². The van der Waals surface area contributed by atoms with E-state index in [-0.39, 0.29) is 16.8 Å². The van der Waals surface area contributed by atoms with E-state index in [1.54, 1.807) is 17.9 Å². The Bertz CT molecular complexity index is 1020. The predicted octanol–water partition coefficient (Wildman–Crippen LogP) is 5.48. The standard InChI is InChI=1S/C24H32ClFN3O4P/c1-4-32-34(33-5-2)13-24(31)11-16-8-15(9-17(16)12-24)21-22(29(3)14-27-21)23(30)28-18-6-7-20(26)19(25)10-18/h6-7,10,14-17,31H,4-5,8-9,11-13H2,1-3H3,(H,28,30). The molecule has 2 saturated carbocycles. The van der Waals surface area contributed by atoms with Crippen molar-refractivity contribution in [1.29, 1.82) is 0 Å². The first-order valence-corrected chi connectivity index (χ1v) is 13.5. The molecule has 0 radical (unpaired) electrons. The third kappa shape index (κ3) is 5.47. The molecule has 7 nitrogen and oxygen atoms in total. The number of hydrogen-bond acceptors (Lipinski definition) is 5. The largest absolute Gasteiger partial charge is 0.389 e. The van der Waals surface area contributed by atoms with Crippen molar-refractivity contribution in [3.05, 3.63) is 46.8 Å². The van der Waals surface area contributed by atoms with Crippen LogP contribution in [0.15, 0.2) is 24.5 Å². The van der Waals surface area contributed by atoms with Gasteiger partial charge in [0.1, 0.15) is 11.5 Å². The van der Waals surface area contributed by atoms with Crippen LogP contribution in [0.5, 0.6) is 0 Å². The van der Waals surface area contributed by atoms with Crippen molar-refractivity contribution < 1.29 is 23.3 Å². The predicted molar refractivity (Wildman–Crippen MR) is 131 cm³/mol. The average Bonchev–Trinajstić information content (AvgIpc) is 3.41. The quantitative estimate of drug-likeness (QED) is 0.435. The number of amides is 1. The van der Waals surface area contributed by atoms with E-state index < -0.39 is 19.8 Å². The zero-order valence-electron chi connectivity index (χ0n) is 19.8. The first-order valence-electron chi connectivity index (χ1n) is 11.8.